The molecule has 0 aliphatic rings. The number of aromatic nitrogens is 1. The fourth-order valence-electron chi connectivity index (χ4n) is 3.58. The first-order chi connectivity index (χ1) is 16.0. The molecule has 0 bridgehead atoms. The molecular weight excluding hydrogens is 448 g/mol. The molecule has 0 radical (unpaired) electrons. The Balaban J connectivity index is 1.47. The number of methoxy groups -OCH3 is 1. The third kappa shape index (κ3) is 5.75. The summed E-state index contributed by atoms with van der Waals surface area (Å²) in [6.07, 6.45) is 1.30. The van der Waals surface area contributed by atoms with E-state index in [4.69, 9.17) is 9.72 Å². The number of rotatable bonds is 9. The summed E-state index contributed by atoms with van der Waals surface area (Å²) in [5.74, 6) is 1.85. The van der Waals surface area contributed by atoms with Gasteiger partial charge in [0.25, 0.3) is 0 Å². The van der Waals surface area contributed by atoms with Gasteiger partial charge in [0.05, 0.1) is 23.9 Å². The Bertz CT molecular complexity index is 1220. The molecule has 1 heterocycles. The van der Waals surface area contributed by atoms with Crippen LogP contribution in [0.3, 0.4) is 0 Å². The van der Waals surface area contributed by atoms with E-state index >= 15 is 0 Å². The van der Waals surface area contributed by atoms with E-state index in [2.05, 4.69) is 50.2 Å². The maximum Gasteiger partial charge on any atom is 0.229 e. The van der Waals surface area contributed by atoms with E-state index < -0.39 is 0 Å². The van der Waals surface area contributed by atoms with Gasteiger partial charge < -0.3 is 4.74 Å². The molecule has 6 heteroatoms. The first-order valence-electron chi connectivity index (χ1n) is 11.0. The number of thioether (sulfide) groups is 1. The molecule has 3 aromatic carbocycles. The highest BCUT2D eigenvalue weighted by atomic mass is 32.2. The van der Waals surface area contributed by atoms with Gasteiger partial charge in [0.15, 0.2) is 5.13 Å². The predicted molar refractivity (Wildman–Crippen MR) is 140 cm³/mol. The molecule has 0 unspecified atom stereocenters. The molecular formula is C27H28N2O2S2. The van der Waals surface area contributed by atoms with Crippen molar-refractivity contribution in [2.45, 2.75) is 38.1 Å². The monoisotopic (exact) mass is 476 g/mol. The maximum atomic E-state index is 13.3. The number of amides is 1. The lowest BCUT2D eigenvalue weighted by atomic mass is 10.1. The lowest BCUT2D eigenvalue weighted by molar-refractivity contribution is -0.118. The molecule has 4 aromatic rings. The SMILES string of the molecule is COc1ccc(SCCCC(=O)N(Cc2ccccc2)c2nc3c(C)c(C)ccc3s2)cc1. The van der Waals surface area contributed by atoms with Crippen LogP contribution in [0.5, 0.6) is 5.75 Å². The van der Waals surface area contributed by atoms with Crippen LogP contribution in [0.15, 0.2) is 71.6 Å². The molecule has 0 aliphatic carbocycles. The highest BCUT2D eigenvalue weighted by Crippen LogP contribution is 2.33. The summed E-state index contributed by atoms with van der Waals surface area (Å²) in [5, 5.41) is 0.773. The largest absolute Gasteiger partial charge is 0.497 e. The number of anilines is 1. The smallest absolute Gasteiger partial charge is 0.229 e. The van der Waals surface area contributed by atoms with Crippen molar-refractivity contribution in [2.75, 3.05) is 17.8 Å². The summed E-state index contributed by atoms with van der Waals surface area (Å²) in [4.78, 5) is 21.3. The molecule has 0 N–H and O–H groups in total. The van der Waals surface area contributed by atoms with Crippen LogP contribution in [-0.4, -0.2) is 23.8 Å². The van der Waals surface area contributed by atoms with Crippen molar-refractivity contribution >= 4 is 44.4 Å². The van der Waals surface area contributed by atoms with E-state index in [0.717, 1.165) is 38.8 Å². The van der Waals surface area contributed by atoms with Crippen LogP contribution in [0.2, 0.25) is 0 Å². The number of thiazole rings is 1. The van der Waals surface area contributed by atoms with E-state index in [-0.39, 0.29) is 5.91 Å². The quantitative estimate of drug-likeness (QED) is 0.192. The van der Waals surface area contributed by atoms with E-state index in [1.165, 1.54) is 16.0 Å². The molecule has 1 aromatic heterocycles. The molecule has 170 valence electrons. The molecule has 33 heavy (non-hydrogen) atoms. The standard InChI is InChI=1S/C27H28N2O2S2/c1-19-11-16-24-26(20(19)2)28-27(33-24)29(18-21-8-5-4-6-9-21)25(30)10-7-17-32-23-14-12-22(31-3)13-15-23/h4-6,8-9,11-16H,7,10,17-18H2,1-3H3. The van der Waals surface area contributed by atoms with Gasteiger partial charge in [-0.3, -0.25) is 9.69 Å². The van der Waals surface area contributed by atoms with Gasteiger partial charge >= 0.3 is 0 Å². The third-order valence-electron chi connectivity index (χ3n) is 5.65. The third-order valence-corrected chi connectivity index (χ3v) is 7.79. The minimum Gasteiger partial charge on any atom is -0.497 e. The van der Waals surface area contributed by atoms with Crippen LogP contribution in [0.1, 0.15) is 29.5 Å². The second-order valence-corrected chi connectivity index (χ2v) is 10.1. The van der Waals surface area contributed by atoms with Gasteiger partial charge in [-0.2, -0.15) is 0 Å². The molecule has 0 aliphatic heterocycles. The zero-order valence-electron chi connectivity index (χ0n) is 19.2. The molecule has 0 saturated carbocycles. The normalized spacial score (nSPS) is 11.0. The second kappa shape index (κ2) is 10.9. The number of carbonyl (C=O) groups is 1. The van der Waals surface area contributed by atoms with Crippen molar-refractivity contribution in [3.63, 3.8) is 0 Å². The van der Waals surface area contributed by atoms with Gasteiger partial charge in [0, 0.05) is 11.3 Å². The first-order valence-corrected chi connectivity index (χ1v) is 12.8. The van der Waals surface area contributed by atoms with Crippen molar-refractivity contribution in [1.29, 1.82) is 0 Å². The fourth-order valence-corrected chi connectivity index (χ4v) is 5.47. The van der Waals surface area contributed by atoms with Gasteiger partial charge in [-0.25, -0.2) is 4.98 Å². The molecule has 0 saturated heterocycles. The Morgan fingerprint density at radius 3 is 2.52 bits per heavy atom. The van der Waals surface area contributed by atoms with Gasteiger partial charge in [0.1, 0.15) is 5.75 Å². The summed E-state index contributed by atoms with van der Waals surface area (Å²) < 4.78 is 6.33. The summed E-state index contributed by atoms with van der Waals surface area (Å²) in [6.45, 7) is 4.73. The fraction of sp³-hybridized carbons (Fsp3) is 0.259. The predicted octanol–water partition coefficient (Wildman–Crippen LogP) is 7.03. The first kappa shape index (κ1) is 23.3. The van der Waals surface area contributed by atoms with E-state index in [0.29, 0.717) is 13.0 Å². The Kier molecular flexibility index (Phi) is 7.68. The van der Waals surface area contributed by atoms with Gasteiger partial charge in [-0.1, -0.05) is 47.7 Å². The molecule has 0 fully saturated rings. The van der Waals surface area contributed by atoms with Gasteiger partial charge in [0.2, 0.25) is 5.91 Å². The number of hydrogen-bond donors (Lipinski definition) is 0. The molecule has 4 rings (SSSR count). The van der Waals surface area contributed by atoms with Crippen LogP contribution in [0.4, 0.5) is 5.13 Å². The van der Waals surface area contributed by atoms with E-state index in [1.807, 2.05) is 35.2 Å². The Morgan fingerprint density at radius 1 is 1.03 bits per heavy atom. The van der Waals surface area contributed by atoms with Crippen LogP contribution < -0.4 is 9.64 Å². The number of hydrogen-bond acceptors (Lipinski definition) is 5. The molecule has 1 amide bonds. The minimum absolute atomic E-state index is 0.114. The van der Waals surface area contributed by atoms with Crippen LogP contribution >= 0.6 is 23.1 Å². The number of carbonyl (C=O) groups excluding carboxylic acids is 1. The maximum absolute atomic E-state index is 13.3. The summed E-state index contributed by atoms with van der Waals surface area (Å²) in [7, 11) is 1.67. The highest BCUT2D eigenvalue weighted by molar-refractivity contribution is 7.99. The topological polar surface area (TPSA) is 42.4 Å². The lowest BCUT2D eigenvalue weighted by Gasteiger charge is -2.20. The summed E-state index contributed by atoms with van der Waals surface area (Å²) in [5.41, 5.74) is 4.50. The summed E-state index contributed by atoms with van der Waals surface area (Å²) in [6, 6.07) is 22.4. The van der Waals surface area contributed by atoms with Crippen molar-refractivity contribution < 1.29 is 9.53 Å². The van der Waals surface area contributed by atoms with Crippen molar-refractivity contribution in [1.82, 2.24) is 4.98 Å². The van der Waals surface area contributed by atoms with Crippen LogP contribution in [-0.2, 0) is 11.3 Å². The average Bonchev–Trinajstić information content (AvgIpc) is 3.28. The molecule has 4 nitrogen and oxygen atoms in total. The average molecular weight is 477 g/mol. The number of ether oxygens (including phenoxy) is 1. The van der Waals surface area contributed by atoms with Crippen molar-refractivity contribution in [3.8, 4) is 5.75 Å². The zero-order valence-corrected chi connectivity index (χ0v) is 20.8. The van der Waals surface area contributed by atoms with Gasteiger partial charge in [-0.05, 0) is 73.0 Å². The van der Waals surface area contributed by atoms with Crippen molar-refractivity contribution in [3.05, 3.63) is 83.4 Å². The van der Waals surface area contributed by atoms with E-state index in [1.54, 1.807) is 30.2 Å². The number of nitrogens with zero attached hydrogens (tertiary/aromatic N) is 2. The zero-order chi connectivity index (χ0) is 23.2. The molecule has 0 spiro atoms. The highest BCUT2D eigenvalue weighted by Gasteiger charge is 2.20. The number of aryl methyl sites for hydroxylation is 2. The summed E-state index contributed by atoms with van der Waals surface area (Å²) >= 11 is 3.35. The minimum atomic E-state index is 0.114. The molecule has 0 atom stereocenters. The Hall–Kier alpha value is -2.83. The number of benzene rings is 3. The Morgan fingerprint density at radius 2 is 1.79 bits per heavy atom. The van der Waals surface area contributed by atoms with Gasteiger partial charge in [-0.15, -0.1) is 11.8 Å². The van der Waals surface area contributed by atoms with E-state index in [9.17, 15) is 4.79 Å². The van der Waals surface area contributed by atoms with Crippen LogP contribution in [0.25, 0.3) is 10.2 Å². The lowest BCUT2D eigenvalue weighted by Crippen LogP contribution is -2.30. The van der Waals surface area contributed by atoms with Crippen molar-refractivity contribution in [2.24, 2.45) is 0 Å². The number of fused-ring (bicyclic) bond motifs is 1. The van der Waals surface area contributed by atoms with Crippen LogP contribution in [0, 0.1) is 13.8 Å². The second-order valence-electron chi connectivity index (χ2n) is 7.94. The Labute approximate surface area is 203 Å².